The van der Waals surface area contributed by atoms with Crippen LogP contribution in [0.1, 0.15) is 40.9 Å². The van der Waals surface area contributed by atoms with Crippen molar-refractivity contribution in [3.05, 3.63) is 46.3 Å². The van der Waals surface area contributed by atoms with E-state index in [1.54, 1.807) is 0 Å². The lowest BCUT2D eigenvalue weighted by molar-refractivity contribution is 0.687. The van der Waals surface area contributed by atoms with E-state index in [0.717, 1.165) is 35.5 Å². The van der Waals surface area contributed by atoms with Gasteiger partial charge >= 0.3 is 0 Å². The van der Waals surface area contributed by atoms with E-state index in [1.165, 1.54) is 24.0 Å². The molecule has 5 heteroatoms. The number of benzene rings is 1. The first kappa shape index (κ1) is 15.6. The molecular weight excluding hydrogens is 286 g/mol. The second kappa shape index (κ2) is 6.44. The number of fused-ring (bicyclic) bond motifs is 1. The molecule has 2 aromatic rings. The summed E-state index contributed by atoms with van der Waals surface area (Å²) in [5.41, 5.74) is 13.3. The summed E-state index contributed by atoms with van der Waals surface area (Å²) in [4.78, 5) is 4.50. The van der Waals surface area contributed by atoms with Gasteiger partial charge in [0.1, 0.15) is 0 Å². The number of hydrogen-bond donors (Lipinski definition) is 2. The van der Waals surface area contributed by atoms with E-state index >= 15 is 0 Å². The number of rotatable bonds is 3. The SMILES string of the molecule is Cc1nn(C)c(C)c1CN=C(N)Nc1cccc2c1CCCC2. The quantitative estimate of drug-likeness (QED) is 0.676. The normalized spacial score (nSPS) is 14.7. The molecule has 0 bridgehead atoms. The Morgan fingerprint density at radius 2 is 2.09 bits per heavy atom. The molecule has 1 heterocycles. The van der Waals surface area contributed by atoms with E-state index in [2.05, 4.69) is 40.5 Å². The van der Waals surface area contributed by atoms with Crippen LogP contribution in [0.5, 0.6) is 0 Å². The monoisotopic (exact) mass is 311 g/mol. The lowest BCUT2D eigenvalue weighted by atomic mass is 9.90. The number of aromatic nitrogens is 2. The van der Waals surface area contributed by atoms with Crippen LogP contribution < -0.4 is 11.1 Å². The molecule has 0 spiro atoms. The van der Waals surface area contributed by atoms with Crippen molar-refractivity contribution in [2.45, 2.75) is 46.1 Å². The molecule has 1 aliphatic carbocycles. The Morgan fingerprint density at radius 3 is 2.83 bits per heavy atom. The summed E-state index contributed by atoms with van der Waals surface area (Å²) in [6.07, 6.45) is 4.80. The molecule has 0 saturated heterocycles. The number of guanidine groups is 1. The Bertz CT molecular complexity index is 742. The van der Waals surface area contributed by atoms with Crippen LogP contribution in [0.25, 0.3) is 0 Å². The molecular formula is C18H25N5. The Labute approximate surface area is 137 Å². The van der Waals surface area contributed by atoms with E-state index in [1.807, 2.05) is 18.7 Å². The molecule has 0 radical (unpaired) electrons. The highest BCUT2D eigenvalue weighted by Gasteiger charge is 2.13. The summed E-state index contributed by atoms with van der Waals surface area (Å²) in [5.74, 6) is 0.464. The van der Waals surface area contributed by atoms with Crippen LogP contribution in [0, 0.1) is 13.8 Å². The smallest absolute Gasteiger partial charge is 0.193 e. The van der Waals surface area contributed by atoms with E-state index < -0.39 is 0 Å². The maximum Gasteiger partial charge on any atom is 0.193 e. The summed E-state index contributed by atoms with van der Waals surface area (Å²) in [5, 5.41) is 7.70. The van der Waals surface area contributed by atoms with Crippen molar-refractivity contribution in [3.8, 4) is 0 Å². The Hall–Kier alpha value is -2.30. The minimum Gasteiger partial charge on any atom is -0.370 e. The third kappa shape index (κ3) is 3.23. The number of aliphatic imine (C=N–C) groups is 1. The van der Waals surface area contributed by atoms with Gasteiger partial charge in [-0.2, -0.15) is 5.10 Å². The van der Waals surface area contributed by atoms with Gasteiger partial charge in [-0.15, -0.1) is 0 Å². The molecule has 0 saturated carbocycles. The molecule has 5 nitrogen and oxygen atoms in total. The fraction of sp³-hybridized carbons (Fsp3) is 0.444. The molecule has 1 aliphatic rings. The van der Waals surface area contributed by atoms with Gasteiger partial charge in [-0.1, -0.05) is 12.1 Å². The van der Waals surface area contributed by atoms with E-state index in [0.29, 0.717) is 12.5 Å². The highest BCUT2D eigenvalue weighted by molar-refractivity contribution is 5.93. The summed E-state index contributed by atoms with van der Waals surface area (Å²) < 4.78 is 1.89. The van der Waals surface area contributed by atoms with Crippen molar-refractivity contribution < 1.29 is 0 Å². The fourth-order valence-electron chi connectivity index (χ4n) is 3.29. The summed E-state index contributed by atoms with van der Waals surface area (Å²) >= 11 is 0. The van der Waals surface area contributed by atoms with E-state index in [4.69, 9.17) is 5.73 Å². The van der Waals surface area contributed by atoms with Crippen LogP contribution >= 0.6 is 0 Å². The predicted octanol–water partition coefficient (Wildman–Crippen LogP) is 2.84. The molecule has 0 unspecified atom stereocenters. The van der Waals surface area contributed by atoms with E-state index in [-0.39, 0.29) is 0 Å². The zero-order valence-electron chi connectivity index (χ0n) is 14.2. The van der Waals surface area contributed by atoms with Gasteiger partial charge in [0.05, 0.1) is 12.2 Å². The number of nitrogens with two attached hydrogens (primary N) is 1. The molecule has 122 valence electrons. The van der Waals surface area contributed by atoms with Crippen LogP contribution in [0.4, 0.5) is 5.69 Å². The van der Waals surface area contributed by atoms with Crippen LogP contribution in [0.2, 0.25) is 0 Å². The van der Waals surface area contributed by atoms with Crippen LogP contribution in [-0.2, 0) is 26.4 Å². The fourth-order valence-corrected chi connectivity index (χ4v) is 3.29. The first-order chi connectivity index (χ1) is 11.1. The van der Waals surface area contributed by atoms with Crippen LogP contribution in [0.15, 0.2) is 23.2 Å². The Morgan fingerprint density at radius 1 is 1.30 bits per heavy atom. The second-order valence-electron chi connectivity index (χ2n) is 6.25. The molecule has 3 rings (SSSR count). The molecule has 3 N–H and O–H groups in total. The van der Waals surface area contributed by atoms with Gasteiger partial charge in [0.15, 0.2) is 5.96 Å². The van der Waals surface area contributed by atoms with Crippen molar-refractivity contribution >= 4 is 11.6 Å². The number of nitrogens with one attached hydrogen (secondary N) is 1. The molecule has 23 heavy (non-hydrogen) atoms. The van der Waals surface area contributed by atoms with Gasteiger partial charge in [0.2, 0.25) is 0 Å². The van der Waals surface area contributed by atoms with Crippen molar-refractivity contribution in [2.75, 3.05) is 5.32 Å². The van der Waals surface area contributed by atoms with Crippen molar-refractivity contribution in [3.63, 3.8) is 0 Å². The highest BCUT2D eigenvalue weighted by Crippen LogP contribution is 2.27. The average molecular weight is 311 g/mol. The minimum absolute atomic E-state index is 0.464. The number of aryl methyl sites for hydroxylation is 3. The minimum atomic E-state index is 0.464. The molecule has 1 aromatic carbocycles. The summed E-state index contributed by atoms with van der Waals surface area (Å²) in [6, 6.07) is 6.40. The largest absolute Gasteiger partial charge is 0.370 e. The van der Waals surface area contributed by atoms with Gasteiger partial charge in [0, 0.05) is 24.0 Å². The molecule has 0 atom stereocenters. The maximum absolute atomic E-state index is 6.11. The summed E-state index contributed by atoms with van der Waals surface area (Å²) in [6.45, 7) is 4.62. The molecule has 1 aromatic heterocycles. The number of nitrogens with zero attached hydrogens (tertiary/aromatic N) is 3. The van der Waals surface area contributed by atoms with Gasteiger partial charge < -0.3 is 11.1 Å². The van der Waals surface area contributed by atoms with E-state index in [9.17, 15) is 0 Å². The Kier molecular flexibility index (Phi) is 4.37. The lowest BCUT2D eigenvalue weighted by Gasteiger charge is -2.19. The van der Waals surface area contributed by atoms with Crippen molar-refractivity contribution in [1.29, 1.82) is 0 Å². The number of anilines is 1. The van der Waals surface area contributed by atoms with Gasteiger partial charge in [-0.25, -0.2) is 4.99 Å². The van der Waals surface area contributed by atoms with Gasteiger partial charge in [0.25, 0.3) is 0 Å². The topological polar surface area (TPSA) is 68.2 Å². The zero-order valence-corrected chi connectivity index (χ0v) is 14.2. The zero-order chi connectivity index (χ0) is 16.4. The molecule has 0 amide bonds. The highest BCUT2D eigenvalue weighted by atomic mass is 15.3. The van der Waals surface area contributed by atoms with Crippen molar-refractivity contribution in [2.24, 2.45) is 17.8 Å². The lowest BCUT2D eigenvalue weighted by Crippen LogP contribution is -2.24. The first-order valence-corrected chi connectivity index (χ1v) is 8.23. The standard InChI is InChI=1S/C18H25N5/c1-12-16(13(2)23(3)22-12)11-20-18(19)21-17-10-6-8-14-7-4-5-9-15(14)17/h6,8,10H,4-5,7,9,11H2,1-3H3,(H3,19,20,21). The predicted molar refractivity (Wildman–Crippen MR) is 94.7 cm³/mol. The summed E-state index contributed by atoms with van der Waals surface area (Å²) in [7, 11) is 1.95. The van der Waals surface area contributed by atoms with Crippen LogP contribution in [-0.4, -0.2) is 15.7 Å². The van der Waals surface area contributed by atoms with Crippen LogP contribution in [0.3, 0.4) is 0 Å². The van der Waals surface area contributed by atoms with Crippen molar-refractivity contribution in [1.82, 2.24) is 9.78 Å². The maximum atomic E-state index is 6.11. The first-order valence-electron chi connectivity index (χ1n) is 8.23. The third-order valence-corrected chi connectivity index (χ3v) is 4.73. The number of hydrogen-bond acceptors (Lipinski definition) is 2. The molecule has 0 aliphatic heterocycles. The third-order valence-electron chi connectivity index (χ3n) is 4.73. The average Bonchev–Trinajstić information content (AvgIpc) is 2.78. The van der Waals surface area contributed by atoms with Gasteiger partial charge in [-0.3, -0.25) is 4.68 Å². The second-order valence-corrected chi connectivity index (χ2v) is 6.25. The Balaban J connectivity index is 1.75. The van der Waals surface area contributed by atoms with Gasteiger partial charge in [-0.05, 0) is 56.7 Å². The molecule has 0 fully saturated rings.